The summed E-state index contributed by atoms with van der Waals surface area (Å²) in [5.41, 5.74) is 4.84. The normalized spacial score (nSPS) is 10.4. The van der Waals surface area contributed by atoms with Crippen LogP contribution in [0.15, 0.2) is 40.1 Å². The van der Waals surface area contributed by atoms with E-state index in [1.807, 2.05) is 6.92 Å². The number of rotatable bonds is 3. The van der Waals surface area contributed by atoms with Crippen LogP contribution in [-0.4, -0.2) is 16.9 Å². The Kier molecular flexibility index (Phi) is 5.45. The van der Waals surface area contributed by atoms with Crippen LogP contribution < -0.4 is 16.2 Å². The van der Waals surface area contributed by atoms with Gasteiger partial charge in [-0.15, -0.1) is 11.3 Å². The molecule has 0 aliphatic carbocycles. The molecule has 2 amide bonds. The van der Waals surface area contributed by atoms with Crippen LogP contribution in [0.4, 0.5) is 0 Å². The molecule has 0 aliphatic heterocycles. The summed E-state index contributed by atoms with van der Waals surface area (Å²) in [5, 5.41) is 4.18. The molecule has 22 heavy (non-hydrogen) atoms. The minimum Gasteiger partial charge on any atom is -0.462 e. The van der Waals surface area contributed by atoms with Gasteiger partial charge in [0.15, 0.2) is 5.11 Å². The van der Waals surface area contributed by atoms with E-state index in [2.05, 4.69) is 16.2 Å². The highest BCUT2D eigenvalue weighted by Crippen LogP contribution is 2.08. The highest BCUT2D eigenvalue weighted by molar-refractivity contribution is 7.80. The highest BCUT2D eigenvalue weighted by Gasteiger charge is 2.07. The summed E-state index contributed by atoms with van der Waals surface area (Å²) in [4.78, 5) is 23.8. The molecule has 0 saturated carbocycles. The first kappa shape index (κ1) is 15.9. The predicted octanol–water partition coefficient (Wildman–Crippen LogP) is 2.00. The maximum atomic E-state index is 11.6. The third-order valence-electron chi connectivity index (χ3n) is 2.43. The predicted molar refractivity (Wildman–Crippen MR) is 88.1 cm³/mol. The molecule has 0 bridgehead atoms. The van der Waals surface area contributed by atoms with Crippen LogP contribution >= 0.6 is 23.6 Å². The third kappa shape index (κ3) is 4.83. The number of carbonyl (C=O) groups is 2. The molecule has 2 aromatic rings. The standard InChI is InChI=1S/C14H13N3O3S2/c1-9-4-5-10(20-9)6-7-12(18)15-14(21)17-16-13(19)11-3-2-8-22-11/h2-8H,1H3,(H,16,19)(H2,15,17,18,21)/b7-6+. The van der Waals surface area contributed by atoms with E-state index in [0.29, 0.717) is 10.6 Å². The zero-order valence-corrected chi connectivity index (χ0v) is 13.2. The summed E-state index contributed by atoms with van der Waals surface area (Å²) in [6, 6.07) is 6.99. The fourth-order valence-electron chi connectivity index (χ4n) is 1.47. The Balaban J connectivity index is 1.75. The maximum Gasteiger partial charge on any atom is 0.279 e. The van der Waals surface area contributed by atoms with Gasteiger partial charge >= 0.3 is 0 Å². The Bertz CT molecular complexity index is 705. The summed E-state index contributed by atoms with van der Waals surface area (Å²) in [5.74, 6) is 0.566. The zero-order valence-electron chi connectivity index (χ0n) is 11.6. The van der Waals surface area contributed by atoms with Crippen molar-refractivity contribution in [3.63, 3.8) is 0 Å². The van der Waals surface area contributed by atoms with E-state index in [0.717, 1.165) is 5.76 Å². The van der Waals surface area contributed by atoms with Crippen molar-refractivity contribution in [3.05, 3.63) is 52.1 Å². The van der Waals surface area contributed by atoms with Crippen LogP contribution in [0.5, 0.6) is 0 Å². The summed E-state index contributed by atoms with van der Waals surface area (Å²) in [6.45, 7) is 1.81. The average Bonchev–Trinajstić information content (AvgIpc) is 3.14. The second-order valence-electron chi connectivity index (χ2n) is 4.16. The van der Waals surface area contributed by atoms with Crippen LogP contribution in [0.25, 0.3) is 6.08 Å². The molecule has 6 nitrogen and oxygen atoms in total. The number of carbonyl (C=O) groups excluding carboxylic acids is 2. The lowest BCUT2D eigenvalue weighted by atomic mass is 10.4. The molecule has 0 fully saturated rings. The van der Waals surface area contributed by atoms with Gasteiger partial charge in [-0.25, -0.2) is 0 Å². The van der Waals surface area contributed by atoms with Crippen molar-refractivity contribution in [2.45, 2.75) is 6.92 Å². The second kappa shape index (κ2) is 7.53. The fourth-order valence-corrected chi connectivity index (χ4v) is 2.24. The largest absolute Gasteiger partial charge is 0.462 e. The van der Waals surface area contributed by atoms with E-state index in [4.69, 9.17) is 16.6 Å². The minimum absolute atomic E-state index is 0.00446. The average molecular weight is 335 g/mol. The van der Waals surface area contributed by atoms with Gasteiger partial charge < -0.3 is 4.42 Å². The zero-order chi connectivity index (χ0) is 15.9. The Hall–Kier alpha value is -2.45. The molecule has 0 aliphatic rings. The quantitative estimate of drug-likeness (QED) is 0.454. The first-order valence-corrected chi connectivity index (χ1v) is 7.53. The van der Waals surface area contributed by atoms with Gasteiger partial charge in [-0.2, -0.15) is 0 Å². The molecular formula is C14H13N3O3S2. The molecule has 2 heterocycles. The van der Waals surface area contributed by atoms with Crippen LogP contribution in [0.2, 0.25) is 0 Å². The number of amides is 2. The van der Waals surface area contributed by atoms with E-state index in [9.17, 15) is 9.59 Å². The van der Waals surface area contributed by atoms with Gasteiger partial charge in [0.05, 0.1) is 4.88 Å². The molecule has 0 saturated heterocycles. The SMILES string of the molecule is Cc1ccc(/C=C/C(=O)NC(=S)NNC(=O)c2cccs2)o1. The lowest BCUT2D eigenvalue weighted by Crippen LogP contribution is -2.48. The van der Waals surface area contributed by atoms with Crippen molar-refractivity contribution >= 4 is 46.6 Å². The Labute approximate surface area is 136 Å². The molecule has 8 heteroatoms. The summed E-state index contributed by atoms with van der Waals surface area (Å²) >= 11 is 6.20. The fraction of sp³-hybridized carbons (Fsp3) is 0.0714. The maximum absolute atomic E-state index is 11.6. The molecular weight excluding hydrogens is 322 g/mol. The van der Waals surface area contributed by atoms with E-state index in [1.165, 1.54) is 23.5 Å². The van der Waals surface area contributed by atoms with Crippen LogP contribution in [-0.2, 0) is 4.79 Å². The van der Waals surface area contributed by atoms with Crippen molar-refractivity contribution in [3.8, 4) is 0 Å². The Morgan fingerprint density at radius 1 is 1.27 bits per heavy atom. The molecule has 114 valence electrons. The van der Waals surface area contributed by atoms with Gasteiger partial charge in [-0.3, -0.25) is 25.8 Å². The third-order valence-corrected chi connectivity index (χ3v) is 3.50. The van der Waals surface area contributed by atoms with E-state index in [1.54, 1.807) is 29.6 Å². The molecule has 2 aromatic heterocycles. The minimum atomic E-state index is -0.433. The molecule has 0 unspecified atom stereocenters. The van der Waals surface area contributed by atoms with E-state index in [-0.39, 0.29) is 11.0 Å². The molecule has 2 rings (SSSR count). The highest BCUT2D eigenvalue weighted by atomic mass is 32.1. The van der Waals surface area contributed by atoms with E-state index < -0.39 is 5.91 Å². The van der Waals surface area contributed by atoms with Crippen molar-refractivity contribution < 1.29 is 14.0 Å². The molecule has 0 atom stereocenters. The van der Waals surface area contributed by atoms with Gasteiger partial charge in [0.25, 0.3) is 5.91 Å². The van der Waals surface area contributed by atoms with E-state index >= 15 is 0 Å². The van der Waals surface area contributed by atoms with Gasteiger partial charge in [-0.1, -0.05) is 6.07 Å². The number of hydrazine groups is 1. The summed E-state index contributed by atoms with van der Waals surface area (Å²) in [7, 11) is 0. The molecule has 0 radical (unpaired) electrons. The summed E-state index contributed by atoms with van der Waals surface area (Å²) in [6.07, 6.45) is 2.81. The number of furan rings is 1. The topological polar surface area (TPSA) is 83.4 Å². The molecule has 0 aromatic carbocycles. The molecule has 3 N–H and O–H groups in total. The molecule has 0 spiro atoms. The summed E-state index contributed by atoms with van der Waals surface area (Å²) < 4.78 is 5.29. The van der Waals surface area contributed by atoms with Gasteiger partial charge in [0.2, 0.25) is 5.91 Å². The van der Waals surface area contributed by atoms with Crippen LogP contribution in [0, 0.1) is 6.92 Å². The number of hydrogen-bond acceptors (Lipinski definition) is 5. The lowest BCUT2D eigenvalue weighted by molar-refractivity contribution is -0.115. The Morgan fingerprint density at radius 2 is 2.09 bits per heavy atom. The number of nitrogens with one attached hydrogen (secondary N) is 3. The first-order chi connectivity index (χ1) is 10.5. The number of thiocarbonyl (C=S) groups is 1. The van der Waals surface area contributed by atoms with Gasteiger partial charge in [0.1, 0.15) is 11.5 Å². The number of aryl methyl sites for hydroxylation is 1. The second-order valence-corrected chi connectivity index (χ2v) is 5.51. The van der Waals surface area contributed by atoms with Gasteiger partial charge in [0, 0.05) is 6.08 Å². The van der Waals surface area contributed by atoms with Crippen molar-refractivity contribution in [2.24, 2.45) is 0 Å². The van der Waals surface area contributed by atoms with Crippen molar-refractivity contribution in [1.82, 2.24) is 16.2 Å². The van der Waals surface area contributed by atoms with Crippen molar-refractivity contribution in [2.75, 3.05) is 0 Å². The first-order valence-electron chi connectivity index (χ1n) is 6.24. The monoisotopic (exact) mass is 335 g/mol. The number of hydrogen-bond donors (Lipinski definition) is 3. The Morgan fingerprint density at radius 3 is 2.73 bits per heavy atom. The van der Waals surface area contributed by atoms with Gasteiger partial charge in [-0.05, 0) is 48.8 Å². The van der Waals surface area contributed by atoms with Crippen LogP contribution in [0.1, 0.15) is 21.2 Å². The van der Waals surface area contributed by atoms with Crippen LogP contribution in [0.3, 0.4) is 0 Å². The smallest absolute Gasteiger partial charge is 0.279 e. The lowest BCUT2D eigenvalue weighted by Gasteiger charge is -2.08. The number of thiophene rings is 1. The van der Waals surface area contributed by atoms with Crippen molar-refractivity contribution in [1.29, 1.82) is 0 Å².